The molecule has 0 spiro atoms. The molecule has 2 aromatic rings. The molecule has 0 N–H and O–H groups in total. The third-order valence-electron chi connectivity index (χ3n) is 3.87. The van der Waals surface area contributed by atoms with Crippen molar-refractivity contribution in [3.63, 3.8) is 0 Å². The Balaban J connectivity index is 1.72. The number of hydrogen-bond acceptors (Lipinski definition) is 4. The van der Waals surface area contributed by atoms with Gasteiger partial charge in [-0.1, -0.05) is 12.1 Å². The highest BCUT2D eigenvalue weighted by Crippen LogP contribution is 2.29. The van der Waals surface area contributed by atoms with Gasteiger partial charge < -0.3 is 4.74 Å². The Hall–Kier alpha value is -1.30. The summed E-state index contributed by atoms with van der Waals surface area (Å²) in [4.78, 5) is 7.99. The second-order valence-electron chi connectivity index (χ2n) is 5.33. The zero-order valence-corrected chi connectivity index (χ0v) is 12.9. The average Bonchev–Trinajstić information content (AvgIpc) is 3.11. The van der Waals surface area contributed by atoms with Gasteiger partial charge in [0.1, 0.15) is 10.8 Å². The maximum Gasteiger partial charge on any atom is 0.133 e. The molecule has 2 heterocycles. The van der Waals surface area contributed by atoms with Crippen LogP contribution >= 0.6 is 11.3 Å². The SMILES string of the molecule is COC[C@@H]1CCCN1Cc1cnc(-c2ccccc2F)s1. The summed E-state index contributed by atoms with van der Waals surface area (Å²) < 4.78 is 19.1. The molecule has 1 saturated heterocycles. The number of halogens is 1. The average molecular weight is 306 g/mol. The van der Waals surface area contributed by atoms with Crippen molar-refractivity contribution in [3.05, 3.63) is 41.2 Å². The molecule has 1 aliphatic heterocycles. The first-order valence-electron chi connectivity index (χ1n) is 7.20. The van der Waals surface area contributed by atoms with Crippen molar-refractivity contribution in [1.29, 1.82) is 0 Å². The Morgan fingerprint density at radius 3 is 3.10 bits per heavy atom. The van der Waals surface area contributed by atoms with Crippen molar-refractivity contribution in [2.45, 2.75) is 25.4 Å². The van der Waals surface area contributed by atoms with E-state index in [9.17, 15) is 4.39 Å². The molecule has 1 atom stereocenters. The van der Waals surface area contributed by atoms with Crippen LogP contribution in [0.1, 0.15) is 17.7 Å². The van der Waals surface area contributed by atoms with Crippen LogP contribution in [0.5, 0.6) is 0 Å². The van der Waals surface area contributed by atoms with Crippen LogP contribution in [0.4, 0.5) is 4.39 Å². The largest absolute Gasteiger partial charge is 0.383 e. The predicted molar refractivity (Wildman–Crippen MR) is 82.8 cm³/mol. The molecule has 1 aromatic carbocycles. The zero-order valence-electron chi connectivity index (χ0n) is 12.1. The molecule has 5 heteroatoms. The van der Waals surface area contributed by atoms with E-state index in [0.717, 1.165) is 24.7 Å². The van der Waals surface area contributed by atoms with E-state index in [0.29, 0.717) is 11.6 Å². The number of aromatic nitrogens is 1. The number of benzene rings is 1. The lowest BCUT2D eigenvalue weighted by molar-refractivity contribution is 0.112. The van der Waals surface area contributed by atoms with E-state index in [2.05, 4.69) is 9.88 Å². The molecular formula is C16H19FN2OS. The summed E-state index contributed by atoms with van der Waals surface area (Å²) in [5.74, 6) is -0.211. The molecule has 112 valence electrons. The summed E-state index contributed by atoms with van der Waals surface area (Å²) in [5, 5.41) is 0.755. The Labute approximate surface area is 128 Å². The van der Waals surface area contributed by atoms with Crippen LogP contribution in [0.3, 0.4) is 0 Å². The van der Waals surface area contributed by atoms with Crippen LogP contribution in [0.15, 0.2) is 30.5 Å². The summed E-state index contributed by atoms with van der Waals surface area (Å²) in [6.45, 7) is 2.75. The molecule has 0 unspecified atom stereocenters. The van der Waals surface area contributed by atoms with Gasteiger partial charge in [0.2, 0.25) is 0 Å². The van der Waals surface area contributed by atoms with Gasteiger partial charge in [-0.3, -0.25) is 4.90 Å². The number of hydrogen-bond donors (Lipinski definition) is 0. The van der Waals surface area contributed by atoms with E-state index < -0.39 is 0 Å². The van der Waals surface area contributed by atoms with Gasteiger partial charge in [-0.2, -0.15) is 0 Å². The van der Waals surface area contributed by atoms with Crippen molar-refractivity contribution in [1.82, 2.24) is 9.88 Å². The maximum absolute atomic E-state index is 13.8. The fourth-order valence-electron chi connectivity index (χ4n) is 2.82. The second-order valence-corrected chi connectivity index (χ2v) is 6.45. The molecule has 0 radical (unpaired) electrons. The minimum Gasteiger partial charge on any atom is -0.383 e. The number of thiazole rings is 1. The van der Waals surface area contributed by atoms with Gasteiger partial charge in [0.05, 0.1) is 6.61 Å². The number of nitrogens with zero attached hydrogens (tertiary/aromatic N) is 2. The van der Waals surface area contributed by atoms with E-state index in [1.165, 1.54) is 23.8 Å². The molecule has 1 aliphatic rings. The molecule has 3 rings (SSSR count). The molecule has 0 amide bonds. The monoisotopic (exact) mass is 306 g/mol. The molecule has 0 saturated carbocycles. The Bertz CT molecular complexity index is 601. The highest BCUT2D eigenvalue weighted by Gasteiger charge is 2.25. The van der Waals surface area contributed by atoms with Gasteiger partial charge in [-0.25, -0.2) is 9.37 Å². The van der Waals surface area contributed by atoms with Crippen LogP contribution < -0.4 is 0 Å². The number of ether oxygens (including phenoxy) is 1. The van der Waals surface area contributed by atoms with Crippen LogP contribution in [0.25, 0.3) is 10.6 Å². The smallest absolute Gasteiger partial charge is 0.133 e. The van der Waals surface area contributed by atoms with Gasteiger partial charge >= 0.3 is 0 Å². The van der Waals surface area contributed by atoms with E-state index in [4.69, 9.17) is 4.74 Å². The van der Waals surface area contributed by atoms with Gasteiger partial charge in [0.15, 0.2) is 0 Å². The van der Waals surface area contributed by atoms with Crippen LogP contribution in [0, 0.1) is 5.82 Å². The quantitative estimate of drug-likeness (QED) is 0.844. The lowest BCUT2D eigenvalue weighted by Crippen LogP contribution is -2.32. The molecule has 1 fully saturated rings. The third-order valence-corrected chi connectivity index (χ3v) is 4.89. The Morgan fingerprint density at radius 2 is 2.29 bits per heavy atom. The molecule has 0 aliphatic carbocycles. The first kappa shape index (κ1) is 14.6. The van der Waals surface area contributed by atoms with Crippen molar-refractivity contribution >= 4 is 11.3 Å². The molecule has 21 heavy (non-hydrogen) atoms. The van der Waals surface area contributed by atoms with Crippen molar-refractivity contribution < 1.29 is 9.13 Å². The van der Waals surface area contributed by atoms with E-state index in [-0.39, 0.29) is 5.82 Å². The Kier molecular flexibility index (Phi) is 4.63. The van der Waals surface area contributed by atoms with E-state index in [1.54, 1.807) is 30.6 Å². The first-order chi connectivity index (χ1) is 10.3. The number of likely N-dealkylation sites (tertiary alicyclic amines) is 1. The standard InChI is InChI=1S/C16H19FN2OS/c1-20-11-12-5-4-8-19(12)10-13-9-18-16(21-13)14-6-2-3-7-15(14)17/h2-3,6-7,9,12H,4-5,8,10-11H2,1H3/t12-/m0/s1. The van der Waals surface area contributed by atoms with Gasteiger partial charge in [0, 0.05) is 36.3 Å². The lowest BCUT2D eigenvalue weighted by atomic mass is 10.2. The minimum atomic E-state index is -0.211. The summed E-state index contributed by atoms with van der Waals surface area (Å²) in [5.41, 5.74) is 0.587. The highest BCUT2D eigenvalue weighted by molar-refractivity contribution is 7.15. The maximum atomic E-state index is 13.8. The molecular weight excluding hydrogens is 287 g/mol. The summed E-state index contributed by atoms with van der Waals surface area (Å²) in [6.07, 6.45) is 4.27. The third kappa shape index (κ3) is 3.31. The topological polar surface area (TPSA) is 25.4 Å². The van der Waals surface area contributed by atoms with E-state index in [1.807, 2.05) is 12.3 Å². The van der Waals surface area contributed by atoms with Gasteiger partial charge in [-0.15, -0.1) is 11.3 Å². The van der Waals surface area contributed by atoms with Crippen LogP contribution in [-0.2, 0) is 11.3 Å². The van der Waals surface area contributed by atoms with Crippen molar-refractivity contribution in [3.8, 4) is 10.6 Å². The minimum absolute atomic E-state index is 0.211. The second kappa shape index (κ2) is 6.64. The summed E-state index contributed by atoms with van der Waals surface area (Å²) in [7, 11) is 1.75. The lowest BCUT2D eigenvalue weighted by Gasteiger charge is -2.22. The first-order valence-corrected chi connectivity index (χ1v) is 8.02. The molecule has 1 aromatic heterocycles. The molecule has 3 nitrogen and oxygen atoms in total. The summed E-state index contributed by atoms with van der Waals surface area (Å²) >= 11 is 1.57. The van der Waals surface area contributed by atoms with Crippen LogP contribution in [-0.4, -0.2) is 36.2 Å². The van der Waals surface area contributed by atoms with Crippen molar-refractivity contribution in [2.24, 2.45) is 0 Å². The van der Waals surface area contributed by atoms with Gasteiger partial charge in [-0.05, 0) is 31.5 Å². The number of methoxy groups -OCH3 is 1. The number of rotatable bonds is 5. The fourth-order valence-corrected chi connectivity index (χ4v) is 3.79. The normalized spacial score (nSPS) is 19.2. The van der Waals surface area contributed by atoms with Gasteiger partial charge in [0.25, 0.3) is 0 Å². The van der Waals surface area contributed by atoms with Crippen LogP contribution in [0.2, 0.25) is 0 Å². The predicted octanol–water partition coefficient (Wildman–Crippen LogP) is 3.56. The fraction of sp³-hybridized carbons (Fsp3) is 0.438. The van der Waals surface area contributed by atoms with Crippen molar-refractivity contribution in [2.75, 3.05) is 20.3 Å². The summed E-state index contributed by atoms with van der Waals surface area (Å²) in [6, 6.07) is 7.29. The highest BCUT2D eigenvalue weighted by atomic mass is 32.1. The zero-order chi connectivity index (χ0) is 14.7. The van der Waals surface area contributed by atoms with E-state index >= 15 is 0 Å². The molecule has 0 bridgehead atoms. The Morgan fingerprint density at radius 1 is 1.43 bits per heavy atom.